The van der Waals surface area contributed by atoms with Crippen molar-refractivity contribution in [2.45, 2.75) is 26.2 Å². The van der Waals surface area contributed by atoms with Crippen LogP contribution in [0.2, 0.25) is 0 Å². The van der Waals surface area contributed by atoms with Gasteiger partial charge in [-0.05, 0) is 96.0 Å². The van der Waals surface area contributed by atoms with Crippen LogP contribution in [0.3, 0.4) is 0 Å². The molecule has 2 aromatic rings. The molecular formula is C23H26Br3N3O5. The van der Waals surface area contributed by atoms with Crippen molar-refractivity contribution in [1.29, 1.82) is 0 Å². The van der Waals surface area contributed by atoms with E-state index >= 15 is 0 Å². The van der Waals surface area contributed by atoms with Crippen molar-refractivity contribution in [3.05, 3.63) is 54.9 Å². The number of nitrogens with zero attached hydrogens (tertiary/aromatic N) is 1. The Morgan fingerprint density at radius 1 is 1.00 bits per heavy atom. The number of hydrogen-bond donors (Lipinski definition) is 3. The number of halogens is 3. The summed E-state index contributed by atoms with van der Waals surface area (Å²) in [7, 11) is 1.56. The average Bonchev–Trinajstić information content (AvgIpc) is 2.78. The zero-order chi connectivity index (χ0) is 25.1. The molecule has 0 aliphatic rings. The first-order chi connectivity index (χ1) is 16.2. The molecule has 0 saturated heterocycles. The Morgan fingerprint density at radius 3 is 2.26 bits per heavy atom. The van der Waals surface area contributed by atoms with Gasteiger partial charge in [0, 0.05) is 26.4 Å². The molecule has 0 aromatic heterocycles. The van der Waals surface area contributed by atoms with E-state index in [0.29, 0.717) is 44.0 Å². The number of amides is 2. The lowest BCUT2D eigenvalue weighted by Crippen LogP contribution is -2.33. The zero-order valence-electron chi connectivity index (χ0n) is 18.8. The third-order valence-corrected chi connectivity index (χ3v) is 6.46. The molecule has 0 fully saturated rings. The minimum absolute atomic E-state index is 0.00755. The Morgan fingerprint density at radius 2 is 1.68 bits per heavy atom. The van der Waals surface area contributed by atoms with E-state index in [0.717, 1.165) is 24.5 Å². The highest BCUT2D eigenvalue weighted by Crippen LogP contribution is 2.34. The Balaban J connectivity index is 1.84. The van der Waals surface area contributed by atoms with Crippen LogP contribution in [0.4, 0.5) is 0 Å². The number of hydrogen-bond acceptors (Lipinski definition) is 6. The molecule has 0 spiro atoms. The summed E-state index contributed by atoms with van der Waals surface area (Å²) in [6, 6.07) is 9.34. The fraction of sp³-hybridized carbons (Fsp3) is 0.348. The molecule has 0 heterocycles. The molecule has 0 bridgehead atoms. The van der Waals surface area contributed by atoms with E-state index in [4.69, 9.17) is 9.47 Å². The van der Waals surface area contributed by atoms with Gasteiger partial charge in [0.2, 0.25) is 5.91 Å². The maximum atomic E-state index is 12.5. The minimum atomic E-state index is -0.441. The first-order valence-electron chi connectivity index (χ1n) is 10.4. The van der Waals surface area contributed by atoms with Gasteiger partial charge < -0.3 is 25.3 Å². The van der Waals surface area contributed by atoms with Gasteiger partial charge in [0.1, 0.15) is 17.2 Å². The van der Waals surface area contributed by atoms with Gasteiger partial charge in [-0.3, -0.25) is 9.59 Å². The van der Waals surface area contributed by atoms with E-state index in [-0.39, 0.29) is 18.0 Å². The molecule has 0 radical (unpaired) electrons. The topological polar surface area (TPSA) is 109 Å². The number of carbonyl (C=O) groups is 2. The maximum absolute atomic E-state index is 12.5. The number of ether oxygens (including phenoxy) is 2. The molecule has 2 rings (SSSR count). The third kappa shape index (κ3) is 8.92. The van der Waals surface area contributed by atoms with E-state index in [9.17, 15) is 14.8 Å². The van der Waals surface area contributed by atoms with Crippen molar-refractivity contribution >= 4 is 65.3 Å². The highest BCUT2D eigenvalue weighted by molar-refractivity contribution is 9.11. The van der Waals surface area contributed by atoms with Crippen LogP contribution in [0.1, 0.15) is 24.5 Å². The average molecular weight is 664 g/mol. The molecule has 8 nitrogen and oxygen atoms in total. The monoisotopic (exact) mass is 661 g/mol. The number of nitrogens with one attached hydrogen (secondary N) is 2. The fourth-order valence-corrected chi connectivity index (χ4v) is 5.17. The van der Waals surface area contributed by atoms with Crippen molar-refractivity contribution in [1.82, 2.24) is 10.6 Å². The van der Waals surface area contributed by atoms with Crippen molar-refractivity contribution in [3.63, 3.8) is 0 Å². The van der Waals surface area contributed by atoms with Gasteiger partial charge in [-0.1, -0.05) is 11.2 Å². The Kier molecular flexibility index (Phi) is 11.9. The summed E-state index contributed by atoms with van der Waals surface area (Å²) in [5.41, 5.74) is 1.79. The van der Waals surface area contributed by atoms with E-state index in [2.05, 4.69) is 63.6 Å². The number of benzene rings is 2. The molecule has 0 saturated carbocycles. The second-order valence-corrected chi connectivity index (χ2v) is 9.83. The van der Waals surface area contributed by atoms with Gasteiger partial charge in [0.05, 0.1) is 27.1 Å². The molecule has 2 aromatic carbocycles. The molecule has 2 amide bonds. The van der Waals surface area contributed by atoms with Gasteiger partial charge in [-0.25, -0.2) is 0 Å². The largest absolute Gasteiger partial charge is 0.494 e. The number of methoxy groups -OCH3 is 1. The molecule has 0 atom stereocenters. The van der Waals surface area contributed by atoms with E-state index in [1.165, 1.54) is 6.92 Å². The van der Waals surface area contributed by atoms with Crippen LogP contribution in [0.15, 0.2) is 48.9 Å². The van der Waals surface area contributed by atoms with Gasteiger partial charge in [0.15, 0.2) is 0 Å². The van der Waals surface area contributed by atoms with Crippen LogP contribution in [-0.2, 0) is 22.4 Å². The highest BCUT2D eigenvalue weighted by Gasteiger charge is 2.15. The molecule has 0 aliphatic carbocycles. The lowest BCUT2D eigenvalue weighted by atomic mass is 10.1. The van der Waals surface area contributed by atoms with Gasteiger partial charge in [-0.2, -0.15) is 0 Å². The van der Waals surface area contributed by atoms with E-state index in [1.807, 2.05) is 30.3 Å². The Hall–Kier alpha value is -2.11. The van der Waals surface area contributed by atoms with Gasteiger partial charge in [-0.15, -0.1) is 0 Å². The predicted octanol–water partition coefficient (Wildman–Crippen LogP) is 4.62. The normalized spacial score (nSPS) is 11.1. The second kappa shape index (κ2) is 14.3. The van der Waals surface area contributed by atoms with Crippen LogP contribution in [-0.4, -0.2) is 49.5 Å². The zero-order valence-corrected chi connectivity index (χ0v) is 23.5. The van der Waals surface area contributed by atoms with Gasteiger partial charge in [0.25, 0.3) is 5.91 Å². The smallest absolute Gasteiger partial charge is 0.269 e. The Labute approximate surface area is 223 Å². The van der Waals surface area contributed by atoms with Crippen LogP contribution >= 0.6 is 47.8 Å². The molecule has 11 heteroatoms. The molecular weight excluding hydrogens is 638 g/mol. The summed E-state index contributed by atoms with van der Waals surface area (Å²) < 4.78 is 13.3. The quantitative estimate of drug-likeness (QED) is 0.133. The molecule has 0 unspecified atom stereocenters. The van der Waals surface area contributed by atoms with Gasteiger partial charge >= 0.3 is 0 Å². The first-order valence-corrected chi connectivity index (χ1v) is 12.8. The summed E-state index contributed by atoms with van der Waals surface area (Å²) >= 11 is 10.4. The second-order valence-electron chi connectivity index (χ2n) is 7.27. The van der Waals surface area contributed by atoms with Crippen LogP contribution in [0.25, 0.3) is 0 Å². The standard InChI is InChI=1S/C23H26Br3N3O5/c1-14(30)27-7-3-9-34-21-5-4-15(10-17(21)24)6-8-28-23(31)20(29-32)13-16-11-18(25)22(33-2)19(26)12-16/h4-5,10-12,32H,3,6-9,13H2,1-2H3,(H,27,30)(H,28,31)/b29-20+. The van der Waals surface area contributed by atoms with Crippen molar-refractivity contribution in [2.75, 3.05) is 26.8 Å². The lowest BCUT2D eigenvalue weighted by Gasteiger charge is -2.11. The summed E-state index contributed by atoms with van der Waals surface area (Å²) in [6.45, 7) is 2.90. The predicted molar refractivity (Wildman–Crippen MR) is 141 cm³/mol. The summed E-state index contributed by atoms with van der Waals surface area (Å²) in [4.78, 5) is 23.4. The highest BCUT2D eigenvalue weighted by atomic mass is 79.9. The lowest BCUT2D eigenvalue weighted by molar-refractivity contribution is -0.119. The molecule has 34 heavy (non-hydrogen) atoms. The summed E-state index contributed by atoms with van der Waals surface area (Å²) in [5, 5.41) is 18.0. The summed E-state index contributed by atoms with van der Waals surface area (Å²) in [5.74, 6) is 0.853. The third-order valence-electron chi connectivity index (χ3n) is 4.66. The fourth-order valence-electron chi connectivity index (χ4n) is 3.02. The summed E-state index contributed by atoms with van der Waals surface area (Å²) in [6.07, 6.45) is 1.45. The maximum Gasteiger partial charge on any atom is 0.269 e. The number of oxime groups is 1. The van der Waals surface area contributed by atoms with Crippen molar-refractivity contribution in [3.8, 4) is 11.5 Å². The number of carbonyl (C=O) groups excluding carboxylic acids is 2. The minimum Gasteiger partial charge on any atom is -0.494 e. The van der Waals surface area contributed by atoms with Crippen LogP contribution < -0.4 is 20.1 Å². The van der Waals surface area contributed by atoms with Crippen molar-refractivity contribution in [2.24, 2.45) is 5.16 Å². The number of rotatable bonds is 12. The van der Waals surface area contributed by atoms with E-state index < -0.39 is 5.91 Å². The first kappa shape index (κ1) is 28.1. The van der Waals surface area contributed by atoms with Crippen molar-refractivity contribution < 1.29 is 24.3 Å². The SMILES string of the molecule is COc1c(Br)cc(C/C(=N\O)C(=O)NCCc2ccc(OCCCNC(C)=O)c(Br)c2)cc1Br. The van der Waals surface area contributed by atoms with Crippen LogP contribution in [0.5, 0.6) is 11.5 Å². The van der Waals surface area contributed by atoms with E-state index in [1.54, 1.807) is 7.11 Å². The molecule has 3 N–H and O–H groups in total. The molecule has 184 valence electrons. The Bertz CT molecular complexity index is 1020. The molecule has 0 aliphatic heterocycles. The van der Waals surface area contributed by atoms with Crippen LogP contribution in [0, 0.1) is 0 Å².